The molecule has 1 aliphatic rings. The summed E-state index contributed by atoms with van der Waals surface area (Å²) in [6.45, 7) is 2.58. The third-order valence-electron chi connectivity index (χ3n) is 2.61. The Labute approximate surface area is 82.5 Å². The third kappa shape index (κ3) is 1.57. The van der Waals surface area contributed by atoms with E-state index in [9.17, 15) is 9.90 Å². The zero-order chi connectivity index (χ0) is 10.1. The molecule has 1 aromatic heterocycles. The van der Waals surface area contributed by atoms with E-state index >= 15 is 0 Å². The van der Waals surface area contributed by atoms with Crippen molar-refractivity contribution in [2.45, 2.75) is 32.4 Å². The molecule has 1 N–H and O–H groups in total. The molecule has 76 valence electrons. The zero-order valence-electron chi connectivity index (χ0n) is 8.18. The Morgan fingerprint density at radius 3 is 3.07 bits per heavy atom. The first kappa shape index (κ1) is 9.40. The van der Waals surface area contributed by atoms with E-state index in [1.807, 2.05) is 6.92 Å². The van der Waals surface area contributed by atoms with Crippen LogP contribution in [0.1, 0.15) is 30.3 Å². The van der Waals surface area contributed by atoms with Crippen molar-refractivity contribution in [1.29, 1.82) is 0 Å². The maximum absolute atomic E-state index is 11.8. The minimum Gasteiger partial charge on any atom is -0.385 e. The molecule has 0 radical (unpaired) electrons. The molecule has 1 heterocycles. The number of carbonyl (C=O) groups is 1. The van der Waals surface area contributed by atoms with Gasteiger partial charge in [0.1, 0.15) is 11.8 Å². The van der Waals surface area contributed by atoms with Crippen molar-refractivity contribution < 1.29 is 9.90 Å². The van der Waals surface area contributed by atoms with Crippen molar-refractivity contribution in [1.82, 2.24) is 9.78 Å². The smallest absolute Gasteiger partial charge is 0.209 e. The number of hydrogen-bond acceptors (Lipinski definition) is 3. The summed E-state index contributed by atoms with van der Waals surface area (Å²) in [4.78, 5) is 11.8. The molecule has 0 bridgehead atoms. The Morgan fingerprint density at radius 1 is 1.79 bits per heavy atom. The summed E-state index contributed by atoms with van der Waals surface area (Å²) in [7, 11) is 0. The number of nitrogens with zero attached hydrogens (tertiary/aromatic N) is 2. The summed E-state index contributed by atoms with van der Waals surface area (Å²) in [6, 6.07) is 1.66. The predicted molar refractivity (Wildman–Crippen MR) is 51.0 cm³/mol. The van der Waals surface area contributed by atoms with Crippen LogP contribution in [0.5, 0.6) is 0 Å². The van der Waals surface area contributed by atoms with E-state index in [4.69, 9.17) is 0 Å². The van der Waals surface area contributed by atoms with Crippen molar-refractivity contribution >= 4 is 5.78 Å². The summed E-state index contributed by atoms with van der Waals surface area (Å²) in [5.41, 5.74) is 0.520. The molecule has 14 heavy (non-hydrogen) atoms. The van der Waals surface area contributed by atoms with Crippen LogP contribution < -0.4 is 0 Å². The van der Waals surface area contributed by atoms with Crippen LogP contribution >= 0.6 is 0 Å². The van der Waals surface area contributed by atoms with E-state index in [0.717, 1.165) is 12.8 Å². The largest absolute Gasteiger partial charge is 0.385 e. The highest BCUT2D eigenvalue weighted by Crippen LogP contribution is 2.33. The average Bonchev–Trinajstić information content (AvgIpc) is 2.94. The molecule has 2 rings (SSSR count). The summed E-state index contributed by atoms with van der Waals surface area (Å²) < 4.78 is 1.62. The lowest BCUT2D eigenvalue weighted by atomic mass is 10.1. The molecule has 0 amide bonds. The fraction of sp³-hybridized carbons (Fsp3) is 0.600. The molecule has 1 saturated carbocycles. The molecule has 4 nitrogen and oxygen atoms in total. The standard InChI is InChI=1S/C10H14N2O2/c1-2-12-8(5-6-11-12)10(14)9(13)7-3-4-7/h5-7,9,13H,2-4H2,1H3. The number of rotatable bonds is 4. The molecule has 0 aromatic carbocycles. The maximum atomic E-state index is 11.8. The second-order valence-corrected chi connectivity index (χ2v) is 3.68. The lowest BCUT2D eigenvalue weighted by molar-refractivity contribution is 0.0692. The molecule has 1 fully saturated rings. The summed E-state index contributed by atoms with van der Waals surface area (Å²) in [6.07, 6.45) is 2.70. The van der Waals surface area contributed by atoms with Crippen molar-refractivity contribution in [3.8, 4) is 0 Å². The fourth-order valence-corrected chi connectivity index (χ4v) is 1.57. The molecule has 4 heteroatoms. The SMILES string of the molecule is CCn1nccc1C(=O)C(O)C1CC1. The molecule has 1 aromatic rings. The Balaban J connectivity index is 2.17. The quantitative estimate of drug-likeness (QED) is 0.723. The number of aliphatic hydroxyl groups is 1. The molecule has 0 aliphatic heterocycles. The highest BCUT2D eigenvalue weighted by molar-refractivity contribution is 5.98. The summed E-state index contributed by atoms with van der Waals surface area (Å²) in [5, 5.41) is 13.7. The van der Waals surface area contributed by atoms with Gasteiger partial charge in [0, 0.05) is 12.7 Å². The van der Waals surface area contributed by atoms with Crippen LogP contribution in [0, 0.1) is 5.92 Å². The van der Waals surface area contributed by atoms with Gasteiger partial charge in [0.05, 0.1) is 0 Å². The van der Waals surface area contributed by atoms with Gasteiger partial charge in [0.2, 0.25) is 5.78 Å². The molecular weight excluding hydrogens is 180 g/mol. The topological polar surface area (TPSA) is 55.1 Å². The number of aliphatic hydroxyl groups excluding tert-OH is 1. The van der Waals surface area contributed by atoms with Crippen LogP contribution in [0.4, 0.5) is 0 Å². The van der Waals surface area contributed by atoms with Crippen molar-refractivity contribution in [3.63, 3.8) is 0 Å². The van der Waals surface area contributed by atoms with Crippen LogP contribution in [0.3, 0.4) is 0 Å². The highest BCUT2D eigenvalue weighted by Gasteiger charge is 2.35. The van der Waals surface area contributed by atoms with E-state index in [0.29, 0.717) is 12.2 Å². The number of aromatic nitrogens is 2. The van der Waals surface area contributed by atoms with E-state index < -0.39 is 6.10 Å². The van der Waals surface area contributed by atoms with Gasteiger partial charge in [-0.15, -0.1) is 0 Å². The van der Waals surface area contributed by atoms with Gasteiger partial charge < -0.3 is 5.11 Å². The van der Waals surface area contributed by atoms with E-state index in [1.54, 1.807) is 16.9 Å². The predicted octanol–water partition coefficient (Wildman–Crippen LogP) is 0.857. The zero-order valence-corrected chi connectivity index (χ0v) is 8.18. The second-order valence-electron chi connectivity index (χ2n) is 3.68. The van der Waals surface area contributed by atoms with Gasteiger partial charge in [-0.1, -0.05) is 0 Å². The van der Waals surface area contributed by atoms with Crippen molar-refractivity contribution in [2.75, 3.05) is 0 Å². The van der Waals surface area contributed by atoms with E-state index in [1.165, 1.54) is 0 Å². The van der Waals surface area contributed by atoms with Gasteiger partial charge in [0.25, 0.3) is 0 Å². The first-order valence-corrected chi connectivity index (χ1v) is 4.98. The number of hydrogen-bond donors (Lipinski definition) is 1. The molecule has 0 spiro atoms. The van der Waals surface area contributed by atoms with Crippen LogP contribution in [0.2, 0.25) is 0 Å². The van der Waals surface area contributed by atoms with Crippen molar-refractivity contribution in [3.05, 3.63) is 18.0 Å². The first-order chi connectivity index (χ1) is 6.74. The molecule has 1 atom stereocenters. The fourth-order valence-electron chi connectivity index (χ4n) is 1.57. The van der Waals surface area contributed by atoms with Gasteiger partial charge in [-0.05, 0) is 31.7 Å². The van der Waals surface area contributed by atoms with Crippen LogP contribution in [-0.4, -0.2) is 26.8 Å². The number of Topliss-reactive ketones (excluding diaryl/α,β-unsaturated/α-hetero) is 1. The Hall–Kier alpha value is -1.16. The van der Waals surface area contributed by atoms with E-state index in [2.05, 4.69) is 5.10 Å². The molecule has 1 aliphatic carbocycles. The summed E-state index contributed by atoms with van der Waals surface area (Å²) in [5.74, 6) is -0.00504. The molecule has 1 unspecified atom stereocenters. The second kappa shape index (κ2) is 3.53. The van der Waals surface area contributed by atoms with Gasteiger partial charge >= 0.3 is 0 Å². The minimum atomic E-state index is -0.822. The first-order valence-electron chi connectivity index (χ1n) is 4.98. The van der Waals surface area contributed by atoms with Crippen LogP contribution in [0.25, 0.3) is 0 Å². The Bertz CT molecular complexity index is 342. The lowest BCUT2D eigenvalue weighted by Crippen LogP contribution is -2.25. The van der Waals surface area contributed by atoms with Gasteiger partial charge in [-0.2, -0.15) is 5.10 Å². The highest BCUT2D eigenvalue weighted by atomic mass is 16.3. The monoisotopic (exact) mass is 194 g/mol. The third-order valence-corrected chi connectivity index (χ3v) is 2.61. The van der Waals surface area contributed by atoms with Crippen LogP contribution in [-0.2, 0) is 6.54 Å². The van der Waals surface area contributed by atoms with Gasteiger partial charge in [-0.25, -0.2) is 0 Å². The van der Waals surface area contributed by atoms with Gasteiger partial charge in [0.15, 0.2) is 0 Å². The normalized spacial score (nSPS) is 18.1. The van der Waals surface area contributed by atoms with Crippen LogP contribution in [0.15, 0.2) is 12.3 Å². The number of carbonyl (C=O) groups excluding carboxylic acids is 1. The van der Waals surface area contributed by atoms with Crippen molar-refractivity contribution in [2.24, 2.45) is 5.92 Å². The van der Waals surface area contributed by atoms with Gasteiger partial charge in [-0.3, -0.25) is 9.48 Å². The minimum absolute atomic E-state index is 0.183. The van der Waals surface area contributed by atoms with E-state index in [-0.39, 0.29) is 11.7 Å². The lowest BCUT2D eigenvalue weighted by Gasteiger charge is -2.08. The molecular formula is C10H14N2O2. The summed E-state index contributed by atoms with van der Waals surface area (Å²) >= 11 is 0. The number of aryl methyl sites for hydroxylation is 1. The molecule has 0 saturated heterocycles. The Kier molecular flexibility index (Phi) is 2.37. The Morgan fingerprint density at radius 2 is 2.50 bits per heavy atom. The number of ketones is 1. The average molecular weight is 194 g/mol. The maximum Gasteiger partial charge on any atom is 0.209 e.